The lowest BCUT2D eigenvalue weighted by atomic mass is 10.1. The standard InChI is InChI=1S/C11H15NO2S/c13-15(14)9-5-3-7-11(15)10-6-2-1-4-8-12-10/h1-2,4,6,8,11-12H,3,5,7,9H2. The van der Waals surface area contributed by atoms with Crippen LogP contribution >= 0.6 is 0 Å². The predicted molar refractivity (Wildman–Crippen MR) is 60.9 cm³/mol. The summed E-state index contributed by atoms with van der Waals surface area (Å²) >= 11 is 0. The van der Waals surface area contributed by atoms with Gasteiger partial charge in [0, 0.05) is 11.9 Å². The number of allylic oxidation sites excluding steroid dienone is 4. The van der Waals surface area contributed by atoms with E-state index in [1.807, 2.05) is 24.3 Å². The molecular formula is C11H15NO2S. The number of hydrogen-bond acceptors (Lipinski definition) is 3. The van der Waals surface area contributed by atoms with Gasteiger partial charge in [0.1, 0.15) is 5.25 Å². The Kier molecular flexibility index (Phi) is 2.95. The van der Waals surface area contributed by atoms with E-state index < -0.39 is 9.84 Å². The summed E-state index contributed by atoms with van der Waals surface area (Å²) in [6.45, 7) is 0. The highest BCUT2D eigenvalue weighted by molar-refractivity contribution is 7.92. The minimum atomic E-state index is -2.94. The molecule has 2 rings (SSSR count). The maximum absolute atomic E-state index is 11.9. The molecule has 2 heterocycles. The second-order valence-corrected chi connectivity index (χ2v) is 6.16. The van der Waals surface area contributed by atoms with Crippen molar-refractivity contribution >= 4 is 9.84 Å². The Morgan fingerprint density at radius 2 is 2.07 bits per heavy atom. The predicted octanol–water partition coefficient (Wildman–Crippen LogP) is 1.51. The first-order valence-corrected chi connectivity index (χ1v) is 6.93. The van der Waals surface area contributed by atoms with Gasteiger partial charge in [-0.2, -0.15) is 0 Å². The molecule has 0 amide bonds. The van der Waals surface area contributed by atoms with Crippen molar-refractivity contribution in [3.05, 3.63) is 36.2 Å². The summed E-state index contributed by atoms with van der Waals surface area (Å²) in [6.07, 6.45) is 11.8. The normalized spacial score (nSPS) is 29.1. The van der Waals surface area contributed by atoms with Crippen molar-refractivity contribution in [1.82, 2.24) is 5.32 Å². The molecule has 0 spiro atoms. The van der Waals surface area contributed by atoms with E-state index in [4.69, 9.17) is 0 Å². The lowest BCUT2D eigenvalue weighted by Gasteiger charge is -2.24. The molecule has 2 aliphatic rings. The second kappa shape index (κ2) is 4.23. The number of rotatable bonds is 1. The van der Waals surface area contributed by atoms with E-state index in [2.05, 4.69) is 5.32 Å². The van der Waals surface area contributed by atoms with Crippen LogP contribution in [0.4, 0.5) is 0 Å². The van der Waals surface area contributed by atoms with Crippen molar-refractivity contribution in [1.29, 1.82) is 0 Å². The van der Waals surface area contributed by atoms with E-state index in [0.29, 0.717) is 5.75 Å². The Bertz CT molecular complexity index is 418. The minimum absolute atomic E-state index is 0.324. The summed E-state index contributed by atoms with van der Waals surface area (Å²) in [5.41, 5.74) is 0.805. The third-order valence-electron chi connectivity index (χ3n) is 2.77. The van der Waals surface area contributed by atoms with Crippen LogP contribution in [0.3, 0.4) is 0 Å². The summed E-state index contributed by atoms with van der Waals surface area (Å²) < 4.78 is 23.7. The van der Waals surface area contributed by atoms with Gasteiger partial charge in [0.2, 0.25) is 0 Å². The van der Waals surface area contributed by atoms with Gasteiger partial charge in [0.15, 0.2) is 9.84 Å². The Labute approximate surface area is 90.5 Å². The first-order chi connectivity index (χ1) is 7.20. The highest BCUT2D eigenvalue weighted by atomic mass is 32.2. The van der Waals surface area contributed by atoms with E-state index in [1.165, 1.54) is 0 Å². The molecule has 1 N–H and O–H groups in total. The SMILES string of the molecule is O=S1(=O)CCCCC1C1=CC=CC=CN1. The largest absolute Gasteiger partial charge is 0.364 e. The van der Waals surface area contributed by atoms with Crippen molar-refractivity contribution in [2.24, 2.45) is 0 Å². The summed E-state index contributed by atoms with van der Waals surface area (Å²) in [4.78, 5) is 0. The topological polar surface area (TPSA) is 46.2 Å². The van der Waals surface area contributed by atoms with E-state index in [1.54, 1.807) is 6.20 Å². The highest BCUT2D eigenvalue weighted by Crippen LogP contribution is 2.24. The van der Waals surface area contributed by atoms with Crippen molar-refractivity contribution in [2.75, 3.05) is 5.75 Å². The van der Waals surface area contributed by atoms with Gasteiger partial charge >= 0.3 is 0 Å². The van der Waals surface area contributed by atoms with E-state index in [0.717, 1.165) is 25.0 Å². The van der Waals surface area contributed by atoms with Gasteiger partial charge in [0.25, 0.3) is 0 Å². The van der Waals surface area contributed by atoms with Crippen LogP contribution in [-0.2, 0) is 9.84 Å². The van der Waals surface area contributed by atoms with Crippen molar-refractivity contribution in [2.45, 2.75) is 24.5 Å². The molecule has 1 fully saturated rings. The molecule has 3 nitrogen and oxygen atoms in total. The van der Waals surface area contributed by atoms with Crippen LogP contribution in [0.1, 0.15) is 19.3 Å². The average Bonchev–Trinajstić information content (AvgIpc) is 2.45. The van der Waals surface area contributed by atoms with Crippen molar-refractivity contribution < 1.29 is 8.42 Å². The molecule has 0 aromatic rings. The third-order valence-corrected chi connectivity index (χ3v) is 4.98. The molecule has 1 atom stereocenters. The summed E-state index contributed by atoms with van der Waals surface area (Å²) in [6, 6.07) is 0. The lowest BCUT2D eigenvalue weighted by Crippen LogP contribution is -2.34. The van der Waals surface area contributed by atoms with E-state index in [-0.39, 0.29) is 5.25 Å². The first kappa shape index (κ1) is 10.5. The highest BCUT2D eigenvalue weighted by Gasteiger charge is 2.31. The summed E-state index contributed by atoms with van der Waals surface area (Å²) in [5.74, 6) is 0.324. The Morgan fingerprint density at radius 3 is 2.87 bits per heavy atom. The molecule has 4 heteroatoms. The van der Waals surface area contributed by atoms with Gasteiger partial charge in [-0.25, -0.2) is 8.42 Å². The van der Waals surface area contributed by atoms with Gasteiger partial charge in [0.05, 0.1) is 5.75 Å². The van der Waals surface area contributed by atoms with Crippen LogP contribution in [0.25, 0.3) is 0 Å². The van der Waals surface area contributed by atoms with Crippen LogP contribution in [0.15, 0.2) is 36.2 Å². The minimum Gasteiger partial charge on any atom is -0.364 e. The quantitative estimate of drug-likeness (QED) is 0.736. The molecule has 15 heavy (non-hydrogen) atoms. The van der Waals surface area contributed by atoms with Crippen LogP contribution < -0.4 is 5.32 Å². The zero-order chi connectivity index (χ0) is 10.7. The molecule has 0 bridgehead atoms. The maximum Gasteiger partial charge on any atom is 0.158 e. The van der Waals surface area contributed by atoms with Gasteiger partial charge in [-0.05, 0) is 25.0 Å². The number of hydrogen-bond donors (Lipinski definition) is 1. The Balaban J connectivity index is 2.25. The van der Waals surface area contributed by atoms with Gasteiger partial charge in [-0.15, -0.1) is 0 Å². The molecule has 82 valence electrons. The monoisotopic (exact) mass is 225 g/mol. The average molecular weight is 225 g/mol. The number of sulfone groups is 1. The van der Waals surface area contributed by atoms with E-state index >= 15 is 0 Å². The zero-order valence-corrected chi connectivity index (χ0v) is 9.33. The molecular weight excluding hydrogens is 210 g/mol. The summed E-state index contributed by atoms with van der Waals surface area (Å²) in [7, 11) is -2.94. The fraction of sp³-hybridized carbons (Fsp3) is 0.455. The fourth-order valence-electron chi connectivity index (χ4n) is 1.98. The first-order valence-electron chi connectivity index (χ1n) is 5.22. The maximum atomic E-state index is 11.9. The number of nitrogens with one attached hydrogen (secondary N) is 1. The van der Waals surface area contributed by atoms with Crippen LogP contribution in [-0.4, -0.2) is 19.4 Å². The van der Waals surface area contributed by atoms with Crippen molar-refractivity contribution in [3.63, 3.8) is 0 Å². The lowest BCUT2D eigenvalue weighted by molar-refractivity contribution is 0.550. The molecule has 1 saturated heterocycles. The fourth-order valence-corrected chi connectivity index (χ4v) is 3.93. The molecule has 0 radical (unpaired) electrons. The Morgan fingerprint density at radius 1 is 1.20 bits per heavy atom. The van der Waals surface area contributed by atoms with Crippen LogP contribution in [0.5, 0.6) is 0 Å². The molecule has 0 aromatic heterocycles. The molecule has 0 aliphatic carbocycles. The van der Waals surface area contributed by atoms with Gasteiger partial charge in [-0.3, -0.25) is 0 Å². The van der Waals surface area contributed by atoms with Crippen LogP contribution in [0, 0.1) is 0 Å². The van der Waals surface area contributed by atoms with Crippen LogP contribution in [0.2, 0.25) is 0 Å². The molecule has 0 saturated carbocycles. The molecule has 1 unspecified atom stereocenters. The van der Waals surface area contributed by atoms with E-state index in [9.17, 15) is 8.42 Å². The summed E-state index contributed by atoms with van der Waals surface area (Å²) in [5, 5.41) is 2.71. The van der Waals surface area contributed by atoms with Crippen molar-refractivity contribution in [3.8, 4) is 0 Å². The van der Waals surface area contributed by atoms with Gasteiger partial charge in [-0.1, -0.05) is 18.6 Å². The third kappa shape index (κ3) is 2.31. The zero-order valence-electron chi connectivity index (χ0n) is 8.52. The second-order valence-electron chi connectivity index (χ2n) is 3.86. The smallest absolute Gasteiger partial charge is 0.158 e. The Hall–Kier alpha value is -1.03. The molecule has 0 aromatic carbocycles. The molecule has 2 aliphatic heterocycles. The van der Waals surface area contributed by atoms with Gasteiger partial charge < -0.3 is 5.32 Å².